The summed E-state index contributed by atoms with van der Waals surface area (Å²) in [4.78, 5) is 0. The molecule has 42 heavy (non-hydrogen) atoms. The van der Waals surface area contributed by atoms with Crippen LogP contribution in [0.2, 0.25) is 13.1 Å². The van der Waals surface area contributed by atoms with Crippen molar-refractivity contribution in [2.75, 3.05) is 0 Å². The molecule has 0 unspecified atom stereocenters. The van der Waals surface area contributed by atoms with Crippen LogP contribution in [0, 0.1) is 6.07 Å². The van der Waals surface area contributed by atoms with E-state index in [1.54, 1.807) is 0 Å². The number of rotatable bonds is 3. The van der Waals surface area contributed by atoms with Crippen LogP contribution in [-0.4, -0.2) is 9.52 Å². The van der Waals surface area contributed by atoms with Gasteiger partial charge in [-0.25, -0.2) is 0 Å². The Morgan fingerprint density at radius 3 is 2.02 bits per heavy atom. The van der Waals surface area contributed by atoms with Crippen LogP contribution in [0.3, 0.4) is 0 Å². The molecular formula is C38H34Cl2SiZr. The Bertz CT molecular complexity index is 1630. The van der Waals surface area contributed by atoms with Crippen LogP contribution in [0.5, 0.6) is 0 Å². The van der Waals surface area contributed by atoms with Crippen LogP contribution in [0.1, 0.15) is 23.6 Å². The van der Waals surface area contributed by atoms with Crippen LogP contribution >= 0.6 is 17.0 Å². The molecule has 2 radical (unpaired) electrons. The minimum Gasteiger partial charge on any atom is -0.179 e. The molecule has 0 nitrogen and oxygen atoms in total. The predicted octanol–water partition coefficient (Wildman–Crippen LogP) is 11.7. The third-order valence-corrected chi connectivity index (χ3v) is 7.14. The van der Waals surface area contributed by atoms with E-state index in [9.17, 15) is 0 Å². The van der Waals surface area contributed by atoms with Gasteiger partial charge in [0.2, 0.25) is 0 Å². The van der Waals surface area contributed by atoms with Gasteiger partial charge in [0.25, 0.3) is 0 Å². The Morgan fingerprint density at radius 1 is 0.714 bits per heavy atom. The fraction of sp³-hybridized carbons (Fsp3) is 0.132. The molecule has 0 amide bonds. The van der Waals surface area contributed by atoms with Crippen molar-refractivity contribution in [3.63, 3.8) is 0 Å². The first-order valence-electron chi connectivity index (χ1n) is 14.1. The second-order valence-electron chi connectivity index (χ2n) is 9.94. The largest absolute Gasteiger partial charge is 0.179 e. The van der Waals surface area contributed by atoms with E-state index in [-0.39, 0.29) is 0 Å². The molecule has 0 aromatic heterocycles. The molecule has 7 rings (SSSR count). The van der Waals surface area contributed by atoms with Crippen molar-refractivity contribution in [1.29, 1.82) is 0 Å². The molecule has 1 aliphatic carbocycles. The average molecular weight is 681 g/mol. The Balaban J connectivity index is 0.000000179. The van der Waals surface area contributed by atoms with Crippen LogP contribution in [0.25, 0.3) is 44.2 Å². The maximum absolute atomic E-state index is 4.93. The van der Waals surface area contributed by atoms with E-state index in [1.165, 1.54) is 60.8 Å². The third kappa shape index (κ3) is 8.27. The molecule has 208 valence electrons. The molecule has 0 bridgehead atoms. The van der Waals surface area contributed by atoms with Crippen molar-refractivity contribution in [3.8, 4) is 33.4 Å². The molecule has 1 aliphatic rings. The summed E-state index contributed by atoms with van der Waals surface area (Å²) in [5.74, 6) is 0. The monoisotopic (exact) mass is 678 g/mol. The van der Waals surface area contributed by atoms with Crippen molar-refractivity contribution < 1.29 is 20.8 Å². The van der Waals surface area contributed by atoms with Crippen molar-refractivity contribution in [2.24, 2.45) is 0 Å². The number of aryl methyl sites for hydroxylation is 1. The van der Waals surface area contributed by atoms with Gasteiger partial charge in [0.05, 0.1) is 0 Å². The summed E-state index contributed by atoms with van der Waals surface area (Å²) >= 11 is -0.826. The summed E-state index contributed by atoms with van der Waals surface area (Å²) in [6, 6.07) is 48.7. The zero-order valence-corrected chi connectivity index (χ0v) is 29.3. The first kappa shape index (κ1) is 32.3. The van der Waals surface area contributed by atoms with Gasteiger partial charge in [0.1, 0.15) is 0 Å². The van der Waals surface area contributed by atoms with Crippen molar-refractivity contribution >= 4 is 37.3 Å². The number of hydrogen-bond donors (Lipinski definition) is 0. The molecular weight excluding hydrogens is 647 g/mol. The maximum Gasteiger partial charge on any atom is -0.0253 e. The summed E-state index contributed by atoms with van der Waals surface area (Å²) in [5, 5.41) is 2.70. The maximum atomic E-state index is 4.93. The van der Waals surface area contributed by atoms with Gasteiger partial charge in [-0.3, -0.25) is 0 Å². The van der Waals surface area contributed by atoms with Gasteiger partial charge in [0.15, 0.2) is 0 Å². The topological polar surface area (TPSA) is 0 Å². The van der Waals surface area contributed by atoms with Crippen LogP contribution in [0.15, 0.2) is 127 Å². The van der Waals surface area contributed by atoms with Gasteiger partial charge in [0, 0.05) is 9.52 Å². The normalized spacial score (nSPS) is 10.5. The second-order valence-corrected chi connectivity index (χ2v) is 14.7. The molecule has 0 saturated heterocycles. The van der Waals surface area contributed by atoms with Crippen molar-refractivity contribution in [3.05, 3.63) is 150 Å². The fourth-order valence-corrected chi connectivity index (χ4v) is 5.22. The van der Waals surface area contributed by atoms with Gasteiger partial charge < -0.3 is 0 Å². The standard InChI is InChI=1S/C23H19.C13H9.C2H6Si.2ClH.Zr/c1-2-17-15-21-9-6-10-22(23(21)16-17)20-13-11-19(12-14-20)18-7-4-3-5-8-18;1-3-7-12-10(5-1)9-11-6-2-4-8-13(11)12;1-3-2;;;/h3-16H,2H2,1H3;1-5,7-8H,9H2;1-2H3;2*1H;/q2*-1;;;;+4/p-2. The Labute approximate surface area is 272 Å². The van der Waals surface area contributed by atoms with Gasteiger partial charge in [-0.2, -0.15) is 35.9 Å². The molecule has 0 N–H and O–H groups in total. The minimum atomic E-state index is -0.826. The Morgan fingerprint density at radius 2 is 1.31 bits per heavy atom. The Kier molecular flexibility index (Phi) is 13.0. The quantitative estimate of drug-likeness (QED) is 0.129. The first-order chi connectivity index (χ1) is 20.6. The number of fused-ring (bicyclic) bond motifs is 4. The first-order valence-corrected chi connectivity index (χ1v) is 22.4. The molecule has 6 aromatic carbocycles. The average Bonchev–Trinajstić information content (AvgIpc) is 3.64. The molecule has 0 atom stereocenters. The van der Waals surface area contributed by atoms with E-state index in [2.05, 4.69) is 147 Å². The Hall–Kier alpha value is -2.61. The molecule has 6 aromatic rings. The summed E-state index contributed by atoms with van der Waals surface area (Å²) in [6.45, 7) is 6.52. The second kappa shape index (κ2) is 16.9. The number of benzene rings is 5. The van der Waals surface area contributed by atoms with Crippen LogP contribution < -0.4 is 0 Å². The van der Waals surface area contributed by atoms with Gasteiger partial charge in [-0.15, -0.1) is 40.1 Å². The zero-order valence-electron chi connectivity index (χ0n) is 24.3. The molecule has 0 spiro atoms. The van der Waals surface area contributed by atoms with E-state index < -0.39 is 20.8 Å². The summed E-state index contributed by atoms with van der Waals surface area (Å²) in [7, 11) is 11.0. The third-order valence-electron chi connectivity index (χ3n) is 7.14. The van der Waals surface area contributed by atoms with E-state index in [0.29, 0.717) is 0 Å². The van der Waals surface area contributed by atoms with E-state index in [0.717, 1.165) is 22.4 Å². The van der Waals surface area contributed by atoms with Crippen LogP contribution in [-0.2, 0) is 33.7 Å². The molecule has 0 heterocycles. The summed E-state index contributed by atoms with van der Waals surface area (Å²) in [6.07, 6.45) is 2.13. The van der Waals surface area contributed by atoms with Crippen molar-refractivity contribution in [1.82, 2.24) is 0 Å². The van der Waals surface area contributed by atoms with E-state index >= 15 is 0 Å². The SMILES string of the molecule is CCc1cc2c(-c3ccc(-c4ccccc4)cc3)cccc2[cH-]1.C[Si]C.[Cl][Zr+2][Cl].[c-]1cccc2c1Cc1ccccc1-2. The summed E-state index contributed by atoms with van der Waals surface area (Å²) < 4.78 is 0. The van der Waals surface area contributed by atoms with Crippen molar-refractivity contribution in [2.45, 2.75) is 32.9 Å². The van der Waals surface area contributed by atoms with E-state index in [1.807, 2.05) is 6.07 Å². The van der Waals surface area contributed by atoms with Crippen LogP contribution in [0.4, 0.5) is 0 Å². The fourth-order valence-electron chi connectivity index (χ4n) is 5.22. The van der Waals surface area contributed by atoms with Gasteiger partial charge in [-0.05, 0) is 29.5 Å². The number of halogens is 2. The molecule has 0 fully saturated rings. The van der Waals surface area contributed by atoms with Gasteiger partial charge in [-0.1, -0.05) is 122 Å². The number of hydrogen-bond acceptors (Lipinski definition) is 0. The molecule has 4 heteroatoms. The van der Waals surface area contributed by atoms with Gasteiger partial charge >= 0.3 is 37.9 Å². The smallest absolute Gasteiger partial charge is 0.0253 e. The molecule has 0 saturated carbocycles. The minimum absolute atomic E-state index is 0.826. The van der Waals surface area contributed by atoms with E-state index in [4.69, 9.17) is 17.0 Å². The molecule has 0 aliphatic heterocycles. The summed E-state index contributed by atoms with van der Waals surface area (Å²) in [5.41, 5.74) is 12.0. The predicted molar refractivity (Wildman–Crippen MR) is 182 cm³/mol. The zero-order chi connectivity index (χ0) is 29.7.